The van der Waals surface area contributed by atoms with E-state index in [9.17, 15) is 21.4 Å². The van der Waals surface area contributed by atoms with Gasteiger partial charge in [0.2, 0.25) is 9.84 Å². The number of sulfone groups is 1. The van der Waals surface area contributed by atoms with Crippen LogP contribution >= 0.6 is 0 Å². The molecule has 3 aromatic rings. The van der Waals surface area contributed by atoms with Crippen molar-refractivity contribution in [2.24, 2.45) is 0 Å². The van der Waals surface area contributed by atoms with Crippen LogP contribution < -0.4 is 0 Å². The molecule has 5 nitrogen and oxygen atoms in total. The quantitative estimate of drug-likeness (QED) is 0.505. The lowest BCUT2D eigenvalue weighted by molar-refractivity contribution is 0.463. The van der Waals surface area contributed by atoms with Crippen LogP contribution in [-0.2, 0) is 20.0 Å². The highest BCUT2D eigenvalue weighted by Gasteiger charge is 2.33. The summed E-state index contributed by atoms with van der Waals surface area (Å²) < 4.78 is 59.2. The average Bonchev–Trinajstić information content (AvgIpc) is 2.82. The first-order chi connectivity index (χ1) is 11.8. The van der Waals surface area contributed by atoms with E-state index in [0.717, 1.165) is 23.3 Å². The molecule has 0 spiro atoms. The molecule has 0 radical (unpaired) electrons. The average molecular weight is 371 g/mol. The Bertz CT molecular complexity index is 1210. The molecule has 0 atom stereocenters. The van der Waals surface area contributed by atoms with Gasteiger partial charge in [-0.25, -0.2) is 16.8 Å². The summed E-state index contributed by atoms with van der Waals surface area (Å²) in [6, 6.07) is 17.7. The molecule has 0 amide bonds. The van der Waals surface area contributed by atoms with Crippen LogP contribution in [0.2, 0.25) is 0 Å². The van der Waals surface area contributed by atoms with Crippen molar-refractivity contribution in [3.8, 4) is 22.3 Å². The number of hydrogen-bond acceptors (Lipinski definition) is 5. The van der Waals surface area contributed by atoms with Gasteiger partial charge in [-0.3, -0.25) is 0 Å². The SMILES string of the molecule is O=S(=O)([O-])c1ccc2c(c1)-c1cc(-c3ccccc3)ccc1S2(=O)=O. The van der Waals surface area contributed by atoms with Crippen LogP contribution in [0.25, 0.3) is 22.3 Å². The third-order valence-corrected chi connectivity index (χ3v) is 6.90. The second kappa shape index (κ2) is 5.26. The van der Waals surface area contributed by atoms with Crippen molar-refractivity contribution in [1.29, 1.82) is 0 Å². The van der Waals surface area contributed by atoms with Gasteiger partial charge in [0.05, 0.1) is 14.7 Å². The van der Waals surface area contributed by atoms with Gasteiger partial charge in [-0.1, -0.05) is 36.4 Å². The van der Waals surface area contributed by atoms with Gasteiger partial charge in [0.1, 0.15) is 10.1 Å². The Kier molecular flexibility index (Phi) is 3.37. The van der Waals surface area contributed by atoms with E-state index >= 15 is 0 Å². The second-order valence-corrected chi connectivity index (χ2v) is 8.96. The predicted octanol–water partition coefficient (Wildman–Crippen LogP) is 3.07. The van der Waals surface area contributed by atoms with Crippen LogP contribution in [0.3, 0.4) is 0 Å². The summed E-state index contributed by atoms with van der Waals surface area (Å²) in [5, 5.41) is 0. The van der Waals surface area contributed by atoms with Crippen LogP contribution in [-0.4, -0.2) is 21.4 Å². The van der Waals surface area contributed by atoms with E-state index in [4.69, 9.17) is 0 Å². The topological polar surface area (TPSA) is 91.3 Å². The molecule has 0 aliphatic carbocycles. The molecule has 0 N–H and O–H groups in total. The summed E-state index contributed by atoms with van der Waals surface area (Å²) in [6.45, 7) is 0. The van der Waals surface area contributed by atoms with Crippen LogP contribution in [0.15, 0.2) is 81.4 Å². The monoisotopic (exact) mass is 371 g/mol. The summed E-state index contributed by atoms with van der Waals surface area (Å²) >= 11 is 0. The van der Waals surface area contributed by atoms with E-state index in [1.807, 2.05) is 30.3 Å². The van der Waals surface area contributed by atoms with Crippen LogP contribution in [0.1, 0.15) is 0 Å². The Labute approximate surface area is 145 Å². The molecule has 3 aromatic carbocycles. The normalized spacial score (nSPS) is 14.8. The van der Waals surface area contributed by atoms with Gasteiger partial charge in [-0.2, -0.15) is 0 Å². The highest BCUT2D eigenvalue weighted by atomic mass is 32.2. The van der Waals surface area contributed by atoms with Crippen LogP contribution in [0.5, 0.6) is 0 Å². The molecule has 0 bridgehead atoms. The zero-order chi connectivity index (χ0) is 17.8. The summed E-state index contributed by atoms with van der Waals surface area (Å²) in [5.41, 5.74) is 2.35. The lowest BCUT2D eigenvalue weighted by Gasteiger charge is -2.09. The van der Waals surface area contributed by atoms with Gasteiger partial charge < -0.3 is 4.55 Å². The summed E-state index contributed by atoms with van der Waals surface area (Å²) in [5.74, 6) is 0. The Hall–Kier alpha value is -2.48. The minimum atomic E-state index is -4.67. The Morgan fingerprint density at radius 1 is 0.720 bits per heavy atom. The molecule has 0 fully saturated rings. The molecule has 0 saturated heterocycles. The predicted molar refractivity (Wildman–Crippen MR) is 90.7 cm³/mol. The van der Waals surface area contributed by atoms with Crippen molar-refractivity contribution in [3.63, 3.8) is 0 Å². The van der Waals surface area contributed by atoms with Crippen molar-refractivity contribution >= 4 is 20.0 Å². The standard InChI is InChI=1S/C18H12O5S2/c19-24(20)17-8-6-13(12-4-2-1-3-5-12)10-15(17)16-11-14(25(21,22)23)7-9-18(16)24/h1-11H,(H,21,22,23)/p-1. The minimum Gasteiger partial charge on any atom is -0.744 e. The molecule has 4 rings (SSSR count). The van der Waals surface area contributed by atoms with E-state index in [1.54, 1.807) is 12.1 Å². The maximum atomic E-state index is 12.7. The first-order valence-electron chi connectivity index (χ1n) is 7.33. The third-order valence-electron chi connectivity index (χ3n) is 4.20. The van der Waals surface area contributed by atoms with Crippen molar-refractivity contribution in [2.75, 3.05) is 0 Å². The zero-order valence-electron chi connectivity index (χ0n) is 12.7. The number of benzene rings is 3. The first-order valence-corrected chi connectivity index (χ1v) is 10.2. The largest absolute Gasteiger partial charge is 0.744 e. The number of hydrogen-bond donors (Lipinski definition) is 0. The van der Waals surface area contributed by atoms with E-state index < -0.39 is 24.9 Å². The number of fused-ring (bicyclic) bond motifs is 3. The van der Waals surface area contributed by atoms with Crippen molar-refractivity contribution < 1.29 is 21.4 Å². The fraction of sp³-hybridized carbons (Fsp3) is 0. The molecule has 0 unspecified atom stereocenters. The summed E-state index contributed by atoms with van der Waals surface area (Å²) in [6.07, 6.45) is 0. The van der Waals surface area contributed by atoms with E-state index in [0.29, 0.717) is 5.56 Å². The molecular formula is C18H11O5S2-. The Morgan fingerprint density at radius 2 is 1.32 bits per heavy atom. The third kappa shape index (κ3) is 2.48. The molecule has 1 heterocycles. The van der Waals surface area contributed by atoms with Gasteiger partial charge in [0, 0.05) is 11.1 Å². The highest BCUT2D eigenvalue weighted by Crippen LogP contribution is 2.45. The molecule has 0 aromatic heterocycles. The van der Waals surface area contributed by atoms with Gasteiger partial charge in [0.25, 0.3) is 0 Å². The van der Waals surface area contributed by atoms with Gasteiger partial charge in [-0.15, -0.1) is 0 Å². The fourth-order valence-electron chi connectivity index (χ4n) is 3.01. The number of rotatable bonds is 2. The van der Waals surface area contributed by atoms with Gasteiger partial charge in [-0.05, 0) is 41.5 Å². The maximum absolute atomic E-state index is 12.7. The molecule has 1 aliphatic rings. The molecule has 7 heteroatoms. The van der Waals surface area contributed by atoms with Crippen molar-refractivity contribution in [3.05, 3.63) is 66.7 Å². The summed E-state index contributed by atoms with van der Waals surface area (Å²) in [7, 11) is -8.39. The molecule has 0 saturated carbocycles. The highest BCUT2D eigenvalue weighted by molar-refractivity contribution is 7.92. The molecular weight excluding hydrogens is 360 g/mol. The fourth-order valence-corrected chi connectivity index (χ4v) is 5.16. The molecule has 126 valence electrons. The Balaban J connectivity index is 2.01. The van der Waals surface area contributed by atoms with E-state index in [-0.39, 0.29) is 15.4 Å². The first kappa shape index (κ1) is 16.0. The Morgan fingerprint density at radius 3 is 1.96 bits per heavy atom. The molecule has 25 heavy (non-hydrogen) atoms. The molecule has 1 aliphatic heterocycles. The zero-order valence-corrected chi connectivity index (χ0v) is 14.3. The van der Waals surface area contributed by atoms with Crippen molar-refractivity contribution in [1.82, 2.24) is 0 Å². The lowest BCUT2D eigenvalue weighted by Crippen LogP contribution is -2.00. The maximum Gasteiger partial charge on any atom is 0.207 e. The second-order valence-electron chi connectivity index (χ2n) is 5.69. The minimum absolute atomic E-state index is 0.0140. The smallest absolute Gasteiger partial charge is 0.207 e. The van der Waals surface area contributed by atoms with Gasteiger partial charge >= 0.3 is 0 Å². The lowest BCUT2D eigenvalue weighted by atomic mass is 9.99. The van der Waals surface area contributed by atoms with Crippen molar-refractivity contribution in [2.45, 2.75) is 14.7 Å². The van der Waals surface area contributed by atoms with Crippen LogP contribution in [0, 0.1) is 0 Å². The van der Waals surface area contributed by atoms with Crippen LogP contribution in [0.4, 0.5) is 0 Å². The van der Waals surface area contributed by atoms with E-state index in [2.05, 4.69) is 0 Å². The van der Waals surface area contributed by atoms with Gasteiger partial charge in [0.15, 0.2) is 0 Å². The summed E-state index contributed by atoms with van der Waals surface area (Å²) in [4.78, 5) is -0.317. The van der Waals surface area contributed by atoms with E-state index in [1.165, 1.54) is 12.1 Å².